The van der Waals surface area contributed by atoms with Crippen LogP contribution in [0, 0.1) is 0 Å². The molecule has 0 spiro atoms. The van der Waals surface area contributed by atoms with Crippen LogP contribution in [0.2, 0.25) is 0 Å². The second-order valence-electron chi connectivity index (χ2n) is 6.33. The fourth-order valence-corrected chi connectivity index (χ4v) is 2.72. The summed E-state index contributed by atoms with van der Waals surface area (Å²) in [6.07, 6.45) is 0. The molecule has 0 saturated carbocycles. The summed E-state index contributed by atoms with van der Waals surface area (Å²) in [7, 11) is -5.75. The molecule has 0 N–H and O–H groups in total. The summed E-state index contributed by atoms with van der Waals surface area (Å²) in [4.78, 5) is 2.09. The summed E-state index contributed by atoms with van der Waals surface area (Å²) in [5.74, 6) is 0. The Morgan fingerprint density at radius 2 is 1.78 bits per heavy atom. The highest BCUT2D eigenvalue weighted by Crippen LogP contribution is 2.36. The second-order valence-corrected chi connectivity index (χ2v) is 7.67. The molecule has 1 aromatic carbocycles. The number of hydrogen-bond acceptors (Lipinski definition) is 5. The predicted octanol–water partition coefficient (Wildman–Crippen LogP) is 2.45. The number of halogens is 1. The standard InChI is InChI=1S/C13H17BFN3O4S/c1-12(2)13(3,4)22-14(21-12)10-5-9(8-17-18-16)6-11(7-10)23(15,19)20/h5-7H,8H2,1-4H3. The van der Waals surface area contributed by atoms with Gasteiger partial charge < -0.3 is 9.31 Å². The SMILES string of the molecule is CC1(C)OB(c2cc(CN=[N+]=[N-])cc(S(=O)(=O)F)c2)OC1(C)C. The maximum Gasteiger partial charge on any atom is 0.494 e. The second kappa shape index (κ2) is 5.79. The Hall–Kier alpha value is -1.61. The van der Waals surface area contributed by atoms with E-state index in [4.69, 9.17) is 14.8 Å². The van der Waals surface area contributed by atoms with E-state index in [1.54, 1.807) is 6.07 Å². The number of rotatable bonds is 4. The van der Waals surface area contributed by atoms with E-state index in [1.165, 1.54) is 0 Å². The topological polar surface area (TPSA) is 101 Å². The molecule has 1 saturated heterocycles. The van der Waals surface area contributed by atoms with Gasteiger partial charge in [-0.1, -0.05) is 11.2 Å². The van der Waals surface area contributed by atoms with Gasteiger partial charge in [0.1, 0.15) is 0 Å². The van der Waals surface area contributed by atoms with E-state index in [2.05, 4.69) is 10.0 Å². The molecule has 0 aromatic heterocycles. The molecule has 1 fully saturated rings. The van der Waals surface area contributed by atoms with Crippen LogP contribution in [0.3, 0.4) is 0 Å². The fourth-order valence-electron chi connectivity index (χ4n) is 2.15. The summed E-state index contributed by atoms with van der Waals surface area (Å²) < 4.78 is 47.5. The minimum absolute atomic E-state index is 0.105. The summed E-state index contributed by atoms with van der Waals surface area (Å²) in [5.41, 5.74) is 7.86. The molecule has 1 aliphatic rings. The Balaban J connectivity index is 2.48. The summed E-state index contributed by atoms with van der Waals surface area (Å²) in [5, 5.41) is 3.37. The molecular weight excluding hydrogens is 324 g/mol. The quantitative estimate of drug-likeness (QED) is 0.276. The molecular formula is C13H17BFN3O4S. The lowest BCUT2D eigenvalue weighted by Crippen LogP contribution is -2.41. The molecule has 23 heavy (non-hydrogen) atoms. The lowest BCUT2D eigenvalue weighted by molar-refractivity contribution is 0.00578. The first-order valence-corrected chi connectivity index (χ1v) is 8.30. The molecule has 7 nitrogen and oxygen atoms in total. The zero-order valence-corrected chi connectivity index (χ0v) is 14.1. The van der Waals surface area contributed by atoms with Crippen molar-refractivity contribution in [2.75, 3.05) is 0 Å². The van der Waals surface area contributed by atoms with E-state index in [-0.39, 0.29) is 6.54 Å². The van der Waals surface area contributed by atoms with Crippen LogP contribution in [0.25, 0.3) is 10.4 Å². The molecule has 124 valence electrons. The zero-order chi connectivity index (χ0) is 17.5. The van der Waals surface area contributed by atoms with Crippen LogP contribution < -0.4 is 5.46 Å². The molecule has 0 aliphatic carbocycles. The van der Waals surface area contributed by atoms with Crippen molar-refractivity contribution in [1.82, 2.24) is 0 Å². The van der Waals surface area contributed by atoms with Crippen molar-refractivity contribution < 1.29 is 21.6 Å². The van der Waals surface area contributed by atoms with Crippen LogP contribution >= 0.6 is 0 Å². The number of azide groups is 1. The van der Waals surface area contributed by atoms with Gasteiger partial charge in [0, 0.05) is 4.91 Å². The third kappa shape index (κ3) is 3.66. The van der Waals surface area contributed by atoms with Crippen molar-refractivity contribution in [2.45, 2.75) is 50.3 Å². The average molecular weight is 341 g/mol. The molecule has 1 heterocycles. The van der Waals surface area contributed by atoms with Crippen LogP contribution in [-0.2, 0) is 26.1 Å². The molecule has 0 amide bonds. The van der Waals surface area contributed by atoms with Gasteiger partial charge in [-0.3, -0.25) is 0 Å². The Kier molecular flexibility index (Phi) is 4.47. The van der Waals surface area contributed by atoms with E-state index >= 15 is 0 Å². The van der Waals surface area contributed by atoms with Gasteiger partial charge in [0.05, 0.1) is 22.6 Å². The minimum Gasteiger partial charge on any atom is -0.399 e. The van der Waals surface area contributed by atoms with E-state index < -0.39 is 33.4 Å². The average Bonchev–Trinajstić information content (AvgIpc) is 2.64. The third-order valence-corrected chi connectivity index (χ3v) is 4.91. The highest BCUT2D eigenvalue weighted by molar-refractivity contribution is 7.86. The van der Waals surface area contributed by atoms with Crippen LogP contribution in [0.4, 0.5) is 3.89 Å². The first kappa shape index (κ1) is 17.7. The minimum atomic E-state index is -4.91. The predicted molar refractivity (Wildman–Crippen MR) is 83.3 cm³/mol. The Bertz CT molecular complexity index is 759. The monoisotopic (exact) mass is 341 g/mol. The van der Waals surface area contributed by atoms with Gasteiger partial charge in [0.15, 0.2) is 0 Å². The third-order valence-electron chi connectivity index (χ3n) is 4.11. The van der Waals surface area contributed by atoms with Gasteiger partial charge in [-0.25, -0.2) is 0 Å². The lowest BCUT2D eigenvalue weighted by Gasteiger charge is -2.32. The lowest BCUT2D eigenvalue weighted by atomic mass is 9.78. The fraction of sp³-hybridized carbons (Fsp3) is 0.538. The van der Waals surface area contributed by atoms with Crippen LogP contribution in [0.1, 0.15) is 33.3 Å². The molecule has 1 aliphatic heterocycles. The largest absolute Gasteiger partial charge is 0.494 e. The molecule has 1 aromatic rings. The maximum atomic E-state index is 13.4. The van der Waals surface area contributed by atoms with Crippen molar-refractivity contribution in [1.29, 1.82) is 0 Å². The number of nitrogens with zero attached hydrogens (tertiary/aromatic N) is 3. The highest BCUT2D eigenvalue weighted by atomic mass is 32.3. The van der Waals surface area contributed by atoms with Crippen molar-refractivity contribution in [3.63, 3.8) is 0 Å². The van der Waals surface area contributed by atoms with Crippen molar-refractivity contribution in [3.8, 4) is 0 Å². The van der Waals surface area contributed by atoms with Gasteiger partial charge in [0.25, 0.3) is 0 Å². The first-order chi connectivity index (χ1) is 10.5. The molecule has 2 rings (SSSR count). The van der Waals surface area contributed by atoms with Crippen LogP contribution in [0.15, 0.2) is 28.2 Å². The summed E-state index contributed by atoms with van der Waals surface area (Å²) >= 11 is 0. The Morgan fingerprint density at radius 1 is 1.22 bits per heavy atom. The van der Waals surface area contributed by atoms with E-state index in [0.29, 0.717) is 11.0 Å². The van der Waals surface area contributed by atoms with Gasteiger partial charge in [0.2, 0.25) is 0 Å². The highest BCUT2D eigenvalue weighted by Gasteiger charge is 2.51. The number of hydrogen-bond donors (Lipinski definition) is 0. The van der Waals surface area contributed by atoms with Crippen molar-refractivity contribution in [2.24, 2.45) is 5.11 Å². The molecule has 0 unspecified atom stereocenters. The van der Waals surface area contributed by atoms with E-state index in [9.17, 15) is 12.3 Å². The Labute approximate surface area is 134 Å². The summed E-state index contributed by atoms with van der Waals surface area (Å²) in [6.45, 7) is 7.30. The van der Waals surface area contributed by atoms with Crippen LogP contribution in [0.5, 0.6) is 0 Å². The van der Waals surface area contributed by atoms with E-state index in [1.807, 2.05) is 27.7 Å². The van der Waals surface area contributed by atoms with Crippen LogP contribution in [-0.4, -0.2) is 26.7 Å². The molecule has 0 bridgehead atoms. The maximum absolute atomic E-state index is 13.4. The smallest absolute Gasteiger partial charge is 0.399 e. The van der Waals surface area contributed by atoms with Gasteiger partial charge in [-0.15, -0.1) is 3.89 Å². The van der Waals surface area contributed by atoms with Gasteiger partial charge in [-0.05, 0) is 56.4 Å². The normalized spacial score (nSPS) is 19.4. The van der Waals surface area contributed by atoms with E-state index in [0.717, 1.165) is 12.1 Å². The molecule has 0 radical (unpaired) electrons. The Morgan fingerprint density at radius 3 is 2.26 bits per heavy atom. The summed E-state index contributed by atoms with van der Waals surface area (Å²) in [6, 6.07) is 3.86. The van der Waals surface area contributed by atoms with Gasteiger partial charge >= 0.3 is 17.3 Å². The zero-order valence-electron chi connectivity index (χ0n) is 13.3. The first-order valence-electron chi connectivity index (χ1n) is 6.91. The molecule has 10 heteroatoms. The van der Waals surface area contributed by atoms with Gasteiger partial charge in [-0.2, -0.15) is 8.42 Å². The van der Waals surface area contributed by atoms with Crippen molar-refractivity contribution in [3.05, 3.63) is 34.2 Å². The number of benzene rings is 1. The molecule has 0 atom stereocenters. The van der Waals surface area contributed by atoms with Crippen molar-refractivity contribution >= 4 is 22.8 Å².